The molecule has 0 rings (SSSR count). The number of carbonyl (C=O) groups is 4. The van der Waals surface area contributed by atoms with E-state index in [4.69, 9.17) is 9.47 Å². The summed E-state index contributed by atoms with van der Waals surface area (Å²) < 4.78 is 12.3. The summed E-state index contributed by atoms with van der Waals surface area (Å²) in [6.07, 6.45) is 21.9. The number of halogens is 4. The fourth-order valence-electron chi connectivity index (χ4n) is 3.33. The molecule has 0 aliphatic rings. The van der Waals surface area contributed by atoms with Gasteiger partial charge in [0.2, 0.25) is 3.23 Å². The quantitative estimate of drug-likeness (QED) is 0.0235. The van der Waals surface area contributed by atoms with Gasteiger partial charge in [-0.3, -0.25) is 0 Å². The molecule has 0 unspecified atom stereocenters. The summed E-state index contributed by atoms with van der Waals surface area (Å²) >= 11 is 8.37. The average molecular weight is 1190 g/mol. The van der Waals surface area contributed by atoms with Crippen LogP contribution in [0, 0.1) is 0 Å². The predicted octanol–water partition coefficient (Wildman–Crippen LogP) is 8.57. The third-order valence-electron chi connectivity index (χ3n) is 5.77. The summed E-state index contributed by atoms with van der Waals surface area (Å²) in [5.41, 5.74) is 0. The van der Waals surface area contributed by atoms with Crippen LogP contribution in [-0.2, 0) is 28.7 Å². The molecular weight excluding hydrogens is 1140 g/mol. The van der Waals surface area contributed by atoms with E-state index in [0.717, 1.165) is 50.7 Å². The number of carboxylic acid groups (broad SMARTS) is 2. The molecule has 0 aromatic heterocycles. The van der Waals surface area contributed by atoms with Crippen LogP contribution in [0.1, 0.15) is 130 Å². The fourth-order valence-corrected chi connectivity index (χ4v) is 9.89. The van der Waals surface area contributed by atoms with Crippen LogP contribution in [0.2, 0.25) is 8.87 Å². The Morgan fingerprint density at radius 1 is 0.533 bits per heavy atom. The maximum absolute atomic E-state index is 11.3. The Bertz CT molecular complexity index is 770. The fraction of sp³-hybridized carbons (Fsp3) is 0.750. The van der Waals surface area contributed by atoms with E-state index in [2.05, 4.69) is 118 Å². The van der Waals surface area contributed by atoms with Gasteiger partial charge in [-0.15, -0.1) is 0 Å². The molecular formula is C32H52I4O8Sn. The number of esters is 2. The summed E-state index contributed by atoms with van der Waals surface area (Å²) in [6.45, 7) is 8.90. The second kappa shape index (κ2) is 34.9. The molecule has 8 nitrogen and oxygen atoms in total. The number of hydrogen-bond donors (Lipinski definition) is 0. The molecule has 0 amide bonds. The van der Waals surface area contributed by atoms with E-state index < -0.39 is 27.1 Å². The zero-order valence-electron chi connectivity index (χ0n) is 27.3. The van der Waals surface area contributed by atoms with E-state index in [0.29, 0.717) is 12.2 Å². The van der Waals surface area contributed by atoms with Gasteiger partial charge in [0, 0.05) is 25.0 Å². The van der Waals surface area contributed by atoms with Crippen LogP contribution in [0.15, 0.2) is 24.3 Å². The van der Waals surface area contributed by atoms with Crippen molar-refractivity contribution < 1.29 is 38.9 Å². The molecule has 0 N–H and O–H groups in total. The SMILES string of the molecule is CCCCCCCC(I)(I)OC(=O)/C=C\C(=O)[O-].CCCCCCCC(I)(I)OC(=O)/C=C\C(=O)[O-].CCC[CH2][Sn+2][CH2]CCC. The number of carboxylic acids is 2. The number of unbranched alkanes of at least 4 members (excludes halogenated alkanes) is 10. The molecule has 0 aromatic carbocycles. The Labute approximate surface area is 337 Å². The van der Waals surface area contributed by atoms with Crippen LogP contribution in [-0.4, -0.2) is 48.2 Å². The van der Waals surface area contributed by atoms with Gasteiger partial charge in [0.25, 0.3) is 0 Å². The van der Waals surface area contributed by atoms with Gasteiger partial charge in [-0.25, -0.2) is 9.59 Å². The van der Waals surface area contributed by atoms with Crippen LogP contribution in [0.3, 0.4) is 0 Å². The van der Waals surface area contributed by atoms with Gasteiger partial charge < -0.3 is 29.3 Å². The normalized spacial score (nSPS) is 11.2. The van der Waals surface area contributed by atoms with Crippen LogP contribution in [0.4, 0.5) is 0 Å². The Morgan fingerprint density at radius 3 is 1.13 bits per heavy atom. The summed E-state index contributed by atoms with van der Waals surface area (Å²) in [5.74, 6) is -4.12. The van der Waals surface area contributed by atoms with Crippen LogP contribution < -0.4 is 10.2 Å². The Hall–Kier alpha value is 1.08. The summed E-state index contributed by atoms with van der Waals surface area (Å²) in [5, 5.41) is 20.3. The van der Waals surface area contributed by atoms with Gasteiger partial charge in [0.1, 0.15) is 0 Å². The first-order valence-electron chi connectivity index (χ1n) is 15.9. The van der Waals surface area contributed by atoms with E-state index in [1.54, 1.807) is 8.87 Å². The Kier molecular flexibility index (Phi) is 39.2. The van der Waals surface area contributed by atoms with E-state index in [1.165, 1.54) is 64.2 Å². The second-order valence-corrected chi connectivity index (χ2v) is 25.6. The first-order valence-corrected chi connectivity index (χ1v) is 24.2. The summed E-state index contributed by atoms with van der Waals surface area (Å²) in [7, 11) is 0. The zero-order valence-corrected chi connectivity index (χ0v) is 38.8. The first-order chi connectivity index (χ1) is 21.2. The average Bonchev–Trinajstić information content (AvgIpc) is 2.95. The van der Waals surface area contributed by atoms with Gasteiger partial charge in [-0.2, -0.15) is 0 Å². The molecule has 0 bridgehead atoms. The van der Waals surface area contributed by atoms with Crippen LogP contribution in [0.25, 0.3) is 0 Å². The Balaban J connectivity index is -0.000000622. The third-order valence-corrected chi connectivity index (χ3v) is 12.8. The van der Waals surface area contributed by atoms with Crippen molar-refractivity contribution in [2.75, 3.05) is 0 Å². The van der Waals surface area contributed by atoms with Crippen molar-refractivity contribution in [1.82, 2.24) is 0 Å². The van der Waals surface area contributed by atoms with Crippen molar-refractivity contribution in [3.05, 3.63) is 24.3 Å². The molecule has 0 spiro atoms. The molecule has 0 aromatic rings. The van der Waals surface area contributed by atoms with E-state index in [9.17, 15) is 29.4 Å². The molecule has 0 aliphatic carbocycles. The van der Waals surface area contributed by atoms with Crippen LogP contribution >= 0.6 is 90.4 Å². The van der Waals surface area contributed by atoms with Crippen molar-refractivity contribution in [3.63, 3.8) is 0 Å². The second-order valence-electron chi connectivity index (χ2n) is 10.2. The minimum atomic E-state index is -1.40. The zero-order chi connectivity index (χ0) is 35.0. The standard InChI is InChI=1S/2C12H18I2O4.2C4H9.Sn/c2*1-2-3-4-5-6-9-12(13,14)18-11(17)8-7-10(15)16;2*1-3-4-2;/h2*7-8H,2-6,9H2,1H3,(H,15,16);2*1,3-4H2,2H3;/q;;;;+2/p-2/b2*8-7-;;;. The van der Waals surface area contributed by atoms with E-state index >= 15 is 0 Å². The molecule has 0 radical (unpaired) electrons. The topological polar surface area (TPSA) is 133 Å². The van der Waals surface area contributed by atoms with Crippen molar-refractivity contribution in [2.24, 2.45) is 0 Å². The third kappa shape index (κ3) is 45.1. The van der Waals surface area contributed by atoms with Gasteiger partial charge in [0.15, 0.2) is 0 Å². The molecule has 0 atom stereocenters. The molecule has 0 heterocycles. The Morgan fingerprint density at radius 2 is 0.844 bits per heavy atom. The van der Waals surface area contributed by atoms with Crippen molar-refractivity contribution in [3.8, 4) is 0 Å². The molecule has 13 heteroatoms. The van der Waals surface area contributed by atoms with Crippen LogP contribution in [0.5, 0.6) is 0 Å². The number of hydrogen-bond acceptors (Lipinski definition) is 8. The van der Waals surface area contributed by atoms with E-state index in [-0.39, 0.29) is 21.1 Å². The number of alkyl halides is 4. The monoisotopic (exact) mass is 1190 g/mol. The van der Waals surface area contributed by atoms with Crippen molar-refractivity contribution in [2.45, 2.75) is 143 Å². The summed E-state index contributed by atoms with van der Waals surface area (Å²) in [6, 6.07) is 0. The number of aliphatic carboxylic acids is 2. The maximum atomic E-state index is 11.3. The van der Waals surface area contributed by atoms with Gasteiger partial charge in [-0.05, 0) is 115 Å². The number of rotatable bonds is 24. The van der Waals surface area contributed by atoms with E-state index in [1.807, 2.05) is 0 Å². The summed E-state index contributed by atoms with van der Waals surface area (Å²) in [4.78, 5) is 42.8. The van der Waals surface area contributed by atoms with Gasteiger partial charge in [0.05, 0.1) is 11.9 Å². The molecule has 0 fully saturated rings. The number of carbonyl (C=O) groups excluding carboxylic acids is 4. The molecule has 0 saturated heterocycles. The minimum absolute atomic E-state index is 0.149. The molecule has 260 valence electrons. The van der Waals surface area contributed by atoms with Gasteiger partial charge >= 0.3 is 81.5 Å². The predicted molar refractivity (Wildman–Crippen MR) is 214 cm³/mol. The molecule has 45 heavy (non-hydrogen) atoms. The van der Waals surface area contributed by atoms with Crippen molar-refractivity contribution >= 4 is 135 Å². The molecule has 0 aliphatic heterocycles. The number of ether oxygens (including phenoxy) is 2. The van der Waals surface area contributed by atoms with Gasteiger partial charge in [-0.1, -0.05) is 65.2 Å². The molecule has 0 saturated carbocycles. The first kappa shape index (κ1) is 50.5. The van der Waals surface area contributed by atoms with Crippen molar-refractivity contribution in [1.29, 1.82) is 0 Å².